The molecule has 1 aromatic rings. The lowest BCUT2D eigenvalue weighted by Crippen LogP contribution is -2.53. The summed E-state index contributed by atoms with van der Waals surface area (Å²) < 4.78 is 10.8. The summed E-state index contributed by atoms with van der Waals surface area (Å²) in [5.41, 5.74) is 0.0176. The van der Waals surface area contributed by atoms with Crippen molar-refractivity contribution in [2.75, 3.05) is 0 Å². The van der Waals surface area contributed by atoms with Crippen LogP contribution in [0.3, 0.4) is 0 Å². The van der Waals surface area contributed by atoms with E-state index in [4.69, 9.17) is 9.47 Å². The monoisotopic (exact) mass is 318 g/mol. The van der Waals surface area contributed by atoms with E-state index in [2.05, 4.69) is 0 Å². The van der Waals surface area contributed by atoms with E-state index >= 15 is 0 Å². The van der Waals surface area contributed by atoms with Gasteiger partial charge in [0.2, 0.25) is 0 Å². The molecule has 2 rings (SSSR count). The number of carbonyl (C=O) groups excluding carboxylic acids is 2. The van der Waals surface area contributed by atoms with Gasteiger partial charge >= 0.3 is 11.9 Å². The van der Waals surface area contributed by atoms with Crippen molar-refractivity contribution in [1.29, 1.82) is 0 Å². The van der Waals surface area contributed by atoms with Crippen LogP contribution in [-0.2, 0) is 25.7 Å². The van der Waals surface area contributed by atoms with E-state index in [-0.39, 0.29) is 30.4 Å². The Morgan fingerprint density at radius 1 is 1.09 bits per heavy atom. The molecule has 0 radical (unpaired) electrons. The first-order valence-electron chi connectivity index (χ1n) is 8.04. The summed E-state index contributed by atoms with van der Waals surface area (Å²) in [4.78, 5) is 24.5. The third kappa shape index (κ3) is 4.12. The van der Waals surface area contributed by atoms with Gasteiger partial charge < -0.3 is 9.47 Å². The summed E-state index contributed by atoms with van der Waals surface area (Å²) in [5, 5.41) is 0. The average molecular weight is 318 g/mol. The zero-order valence-corrected chi connectivity index (χ0v) is 14.6. The summed E-state index contributed by atoms with van der Waals surface area (Å²) in [7, 11) is 0. The first-order chi connectivity index (χ1) is 10.6. The van der Waals surface area contributed by atoms with Gasteiger partial charge in [0.1, 0.15) is 12.2 Å². The molecule has 4 nitrogen and oxygen atoms in total. The lowest BCUT2D eigenvalue weighted by molar-refractivity contribution is -0.186. The molecule has 1 aromatic carbocycles. The number of ether oxygens (including phenoxy) is 2. The first kappa shape index (κ1) is 17.5. The van der Waals surface area contributed by atoms with E-state index in [0.29, 0.717) is 6.42 Å². The predicted octanol–water partition coefficient (Wildman–Crippen LogP) is 3.73. The Morgan fingerprint density at radius 3 is 2.17 bits per heavy atom. The highest BCUT2D eigenvalue weighted by Gasteiger charge is 2.56. The molecule has 0 heterocycles. The fourth-order valence-corrected chi connectivity index (χ4v) is 2.93. The average Bonchev–Trinajstić information content (AvgIpc) is 2.43. The van der Waals surface area contributed by atoms with Crippen LogP contribution in [0.1, 0.15) is 46.6 Å². The van der Waals surface area contributed by atoms with Crippen molar-refractivity contribution >= 4 is 11.9 Å². The van der Waals surface area contributed by atoms with Gasteiger partial charge in [-0.25, -0.2) is 0 Å². The molecule has 2 atom stereocenters. The zero-order valence-electron chi connectivity index (χ0n) is 14.6. The molecular weight excluding hydrogens is 292 g/mol. The Morgan fingerprint density at radius 2 is 1.65 bits per heavy atom. The maximum Gasteiger partial charge on any atom is 0.310 e. The highest BCUT2D eigenvalue weighted by atomic mass is 16.6. The molecule has 1 saturated carbocycles. The molecule has 4 heteroatoms. The van der Waals surface area contributed by atoms with Crippen LogP contribution in [0, 0.1) is 17.3 Å². The van der Waals surface area contributed by atoms with Crippen molar-refractivity contribution < 1.29 is 19.1 Å². The van der Waals surface area contributed by atoms with E-state index in [9.17, 15) is 9.59 Å². The van der Waals surface area contributed by atoms with Gasteiger partial charge in [0.05, 0.1) is 11.8 Å². The Kier molecular flexibility index (Phi) is 4.83. The summed E-state index contributed by atoms with van der Waals surface area (Å²) in [6.07, 6.45) is 0.496. The van der Waals surface area contributed by atoms with Crippen LogP contribution in [0.15, 0.2) is 30.3 Å². The molecule has 0 aliphatic heterocycles. The highest BCUT2D eigenvalue weighted by molar-refractivity contribution is 5.82. The van der Waals surface area contributed by atoms with Crippen molar-refractivity contribution in [2.45, 2.75) is 53.2 Å². The second kappa shape index (κ2) is 6.34. The van der Waals surface area contributed by atoms with E-state index in [0.717, 1.165) is 5.56 Å². The van der Waals surface area contributed by atoms with Crippen LogP contribution < -0.4 is 0 Å². The molecule has 1 aliphatic rings. The fraction of sp³-hybridized carbons (Fsp3) is 0.579. The predicted molar refractivity (Wildman–Crippen MR) is 87.5 cm³/mol. The molecule has 1 aliphatic carbocycles. The number of hydrogen-bond donors (Lipinski definition) is 0. The van der Waals surface area contributed by atoms with Crippen LogP contribution in [0.4, 0.5) is 0 Å². The largest absolute Gasteiger partial charge is 0.461 e. The van der Waals surface area contributed by atoms with E-state index in [1.165, 1.54) is 0 Å². The molecule has 0 saturated heterocycles. The summed E-state index contributed by atoms with van der Waals surface area (Å²) >= 11 is 0. The molecule has 126 valence electrons. The lowest BCUT2D eigenvalue weighted by atomic mass is 9.54. The van der Waals surface area contributed by atoms with Gasteiger partial charge in [0.15, 0.2) is 0 Å². The fourth-order valence-electron chi connectivity index (χ4n) is 2.93. The first-order valence-corrected chi connectivity index (χ1v) is 8.04. The molecule has 0 spiro atoms. The smallest absolute Gasteiger partial charge is 0.310 e. The maximum atomic E-state index is 12.3. The minimum absolute atomic E-state index is 0.227. The van der Waals surface area contributed by atoms with Gasteiger partial charge in [-0.05, 0) is 38.2 Å². The third-order valence-electron chi connectivity index (χ3n) is 4.47. The van der Waals surface area contributed by atoms with Crippen LogP contribution in [0.2, 0.25) is 0 Å². The molecule has 0 bridgehead atoms. The molecule has 23 heavy (non-hydrogen) atoms. The van der Waals surface area contributed by atoms with Crippen molar-refractivity contribution in [3.63, 3.8) is 0 Å². The van der Waals surface area contributed by atoms with Gasteiger partial charge in [-0.1, -0.05) is 44.2 Å². The van der Waals surface area contributed by atoms with Gasteiger partial charge in [0.25, 0.3) is 0 Å². The molecule has 0 aromatic heterocycles. The molecule has 2 unspecified atom stereocenters. The van der Waals surface area contributed by atoms with Gasteiger partial charge in [-0.3, -0.25) is 9.59 Å². The summed E-state index contributed by atoms with van der Waals surface area (Å²) in [6.45, 7) is 9.68. The van der Waals surface area contributed by atoms with Gasteiger partial charge in [-0.15, -0.1) is 0 Å². The summed E-state index contributed by atoms with van der Waals surface area (Å²) in [6, 6.07) is 9.58. The van der Waals surface area contributed by atoms with Gasteiger partial charge in [-0.2, -0.15) is 0 Å². The second-order valence-corrected chi connectivity index (χ2v) is 7.79. The normalized spacial score (nSPS) is 22.8. The standard InChI is InChI=1S/C19H26O4/c1-18(2,3)23-17(21)15-11-14(19(15,4)5)16(20)22-12-13-9-7-6-8-10-13/h6-10,14-15H,11-12H2,1-5H3. The Balaban J connectivity index is 1.90. The van der Waals surface area contributed by atoms with Crippen molar-refractivity contribution in [2.24, 2.45) is 17.3 Å². The number of hydrogen-bond acceptors (Lipinski definition) is 4. The van der Waals surface area contributed by atoms with E-state index in [1.807, 2.05) is 65.0 Å². The van der Waals surface area contributed by atoms with Crippen LogP contribution >= 0.6 is 0 Å². The maximum absolute atomic E-state index is 12.3. The van der Waals surface area contributed by atoms with Gasteiger partial charge in [0, 0.05) is 0 Å². The van der Waals surface area contributed by atoms with Crippen molar-refractivity contribution in [3.05, 3.63) is 35.9 Å². The van der Waals surface area contributed by atoms with Crippen molar-refractivity contribution in [1.82, 2.24) is 0 Å². The summed E-state index contributed by atoms with van der Waals surface area (Å²) in [5.74, 6) is -0.979. The minimum atomic E-state index is -0.508. The number of benzene rings is 1. The quantitative estimate of drug-likeness (QED) is 0.794. The SMILES string of the molecule is CC(C)(C)OC(=O)C1CC(C(=O)OCc2ccccc2)C1(C)C. The van der Waals surface area contributed by atoms with Crippen LogP contribution in [0.5, 0.6) is 0 Å². The third-order valence-corrected chi connectivity index (χ3v) is 4.47. The topological polar surface area (TPSA) is 52.6 Å². The second-order valence-electron chi connectivity index (χ2n) is 7.79. The zero-order chi connectivity index (χ0) is 17.3. The highest BCUT2D eigenvalue weighted by Crippen LogP contribution is 2.52. The Labute approximate surface area is 138 Å². The van der Waals surface area contributed by atoms with Crippen LogP contribution in [0.25, 0.3) is 0 Å². The van der Waals surface area contributed by atoms with E-state index in [1.54, 1.807) is 0 Å². The number of esters is 2. The molecule has 0 N–H and O–H groups in total. The molecular formula is C19H26O4. The van der Waals surface area contributed by atoms with Crippen molar-refractivity contribution in [3.8, 4) is 0 Å². The number of carbonyl (C=O) groups is 2. The molecule has 0 amide bonds. The number of rotatable bonds is 4. The molecule has 1 fully saturated rings. The Hall–Kier alpha value is -1.84. The Bertz CT molecular complexity index is 569. The van der Waals surface area contributed by atoms with E-state index < -0.39 is 11.0 Å². The van der Waals surface area contributed by atoms with Crippen LogP contribution in [-0.4, -0.2) is 17.5 Å². The minimum Gasteiger partial charge on any atom is -0.461 e. The lowest BCUT2D eigenvalue weighted by Gasteiger charge is -2.49.